The first-order valence-corrected chi connectivity index (χ1v) is 10.9. The molecule has 5 nitrogen and oxygen atoms in total. The van der Waals surface area contributed by atoms with Gasteiger partial charge in [0.15, 0.2) is 0 Å². The molecule has 0 radical (unpaired) electrons. The van der Waals surface area contributed by atoms with Gasteiger partial charge in [-0.2, -0.15) is 0 Å². The molecule has 1 aromatic heterocycles. The summed E-state index contributed by atoms with van der Waals surface area (Å²) in [5.41, 5.74) is 6.17. The lowest BCUT2D eigenvalue weighted by atomic mass is 10.1. The van der Waals surface area contributed by atoms with Crippen molar-refractivity contribution in [2.24, 2.45) is 0 Å². The highest BCUT2D eigenvalue weighted by molar-refractivity contribution is 5.85. The quantitative estimate of drug-likeness (QED) is 0.361. The summed E-state index contributed by atoms with van der Waals surface area (Å²) in [6.45, 7) is 9.01. The lowest BCUT2D eigenvalue weighted by molar-refractivity contribution is 0.0911. The highest BCUT2D eigenvalue weighted by Crippen LogP contribution is 2.25. The summed E-state index contributed by atoms with van der Waals surface area (Å²) in [6, 6.07) is 20.1. The number of hydrogen-bond acceptors (Lipinski definition) is 4. The van der Waals surface area contributed by atoms with Gasteiger partial charge in [0.2, 0.25) is 0 Å². The highest BCUT2D eigenvalue weighted by Gasteiger charge is 2.17. The van der Waals surface area contributed by atoms with E-state index < -0.39 is 6.10 Å². The molecule has 1 heterocycles. The number of imidazole rings is 1. The molecule has 4 rings (SSSR count). The van der Waals surface area contributed by atoms with Gasteiger partial charge < -0.3 is 19.1 Å². The van der Waals surface area contributed by atoms with Crippen molar-refractivity contribution in [3.05, 3.63) is 88.7 Å². The highest BCUT2D eigenvalue weighted by atomic mass is 35.5. The summed E-state index contributed by atoms with van der Waals surface area (Å²) in [4.78, 5) is 4.77. The largest absolute Gasteiger partial charge is 0.490 e. The van der Waals surface area contributed by atoms with Gasteiger partial charge in [-0.15, -0.1) is 12.4 Å². The first-order chi connectivity index (χ1) is 15.4. The minimum absolute atomic E-state index is 0. The molecular formula is C27H31ClN2O3. The van der Waals surface area contributed by atoms with Crippen molar-refractivity contribution >= 4 is 23.4 Å². The topological polar surface area (TPSA) is 56.5 Å². The summed E-state index contributed by atoms with van der Waals surface area (Å²) in [5, 5.41) is 10.8. The number of halogens is 1. The maximum atomic E-state index is 10.8. The Morgan fingerprint density at radius 3 is 1.94 bits per heavy atom. The molecule has 0 bridgehead atoms. The molecule has 0 saturated heterocycles. The number of ether oxygens (including phenoxy) is 2. The normalized spacial score (nSPS) is 11.8. The fourth-order valence-corrected chi connectivity index (χ4v) is 4.07. The van der Waals surface area contributed by atoms with Crippen LogP contribution in [0.3, 0.4) is 0 Å². The van der Waals surface area contributed by atoms with Crippen molar-refractivity contribution in [2.75, 3.05) is 6.61 Å². The standard InChI is InChI=1S/C27H30N2O3.ClH/c1-18-9-7-10-19(2)26(18)31-16-22(30)15-29-24-14-6-5-13-23(24)28-25(29)17-32-27-20(3)11-8-12-21(27)4;/h5-14,22,30H,15-17H2,1-4H3;1H. The van der Waals surface area contributed by atoms with Gasteiger partial charge in [-0.3, -0.25) is 0 Å². The van der Waals surface area contributed by atoms with Gasteiger partial charge in [-0.25, -0.2) is 4.98 Å². The van der Waals surface area contributed by atoms with E-state index in [0.717, 1.165) is 50.6 Å². The fraction of sp³-hybridized carbons (Fsp3) is 0.296. The van der Waals surface area contributed by atoms with Crippen LogP contribution in [-0.4, -0.2) is 27.4 Å². The lowest BCUT2D eigenvalue weighted by Gasteiger charge is -2.18. The van der Waals surface area contributed by atoms with Crippen molar-refractivity contribution in [3.8, 4) is 11.5 Å². The number of fused-ring (bicyclic) bond motifs is 1. The Balaban J connectivity index is 0.00000306. The van der Waals surface area contributed by atoms with Crippen molar-refractivity contribution in [1.82, 2.24) is 9.55 Å². The van der Waals surface area contributed by atoms with Gasteiger partial charge in [0, 0.05) is 0 Å². The van der Waals surface area contributed by atoms with Crippen molar-refractivity contribution in [1.29, 1.82) is 0 Å². The molecule has 1 N–H and O–H groups in total. The number of hydrogen-bond donors (Lipinski definition) is 1. The Kier molecular flexibility index (Phi) is 8.01. The Hall–Kier alpha value is -3.02. The van der Waals surface area contributed by atoms with Crippen LogP contribution >= 0.6 is 12.4 Å². The number of nitrogens with zero attached hydrogens (tertiary/aromatic N) is 2. The van der Waals surface area contributed by atoms with E-state index in [2.05, 4.69) is 0 Å². The zero-order chi connectivity index (χ0) is 22.7. The van der Waals surface area contributed by atoms with E-state index in [1.54, 1.807) is 0 Å². The molecule has 4 aromatic rings. The predicted molar refractivity (Wildman–Crippen MR) is 135 cm³/mol. The third-order valence-corrected chi connectivity index (χ3v) is 5.71. The number of para-hydroxylation sites is 4. The molecule has 6 heteroatoms. The van der Waals surface area contributed by atoms with E-state index in [4.69, 9.17) is 14.5 Å². The van der Waals surface area contributed by atoms with Gasteiger partial charge in [-0.05, 0) is 62.1 Å². The Bertz CT molecular complexity index is 1190. The molecule has 0 amide bonds. The van der Waals surface area contributed by atoms with Gasteiger partial charge in [0.05, 0.1) is 17.6 Å². The van der Waals surface area contributed by atoms with Crippen LogP contribution in [0.4, 0.5) is 0 Å². The molecule has 3 aromatic carbocycles. The summed E-state index contributed by atoms with van der Waals surface area (Å²) >= 11 is 0. The van der Waals surface area contributed by atoms with Crippen LogP contribution in [0.2, 0.25) is 0 Å². The van der Waals surface area contributed by atoms with Crippen LogP contribution in [0.5, 0.6) is 11.5 Å². The van der Waals surface area contributed by atoms with E-state index in [9.17, 15) is 5.11 Å². The van der Waals surface area contributed by atoms with Crippen LogP contribution in [0.1, 0.15) is 28.1 Å². The number of rotatable bonds is 8. The minimum Gasteiger partial charge on any atom is -0.490 e. The molecule has 33 heavy (non-hydrogen) atoms. The lowest BCUT2D eigenvalue weighted by Crippen LogP contribution is -2.25. The second-order valence-corrected chi connectivity index (χ2v) is 8.32. The Morgan fingerprint density at radius 2 is 1.33 bits per heavy atom. The Morgan fingerprint density at radius 1 is 0.788 bits per heavy atom. The molecule has 174 valence electrons. The molecular weight excluding hydrogens is 436 g/mol. The van der Waals surface area contributed by atoms with Crippen molar-refractivity contribution < 1.29 is 14.6 Å². The zero-order valence-electron chi connectivity index (χ0n) is 19.5. The van der Waals surface area contributed by atoms with E-state index in [1.807, 2.05) is 92.9 Å². The molecule has 0 fully saturated rings. The minimum atomic E-state index is -0.689. The third kappa shape index (κ3) is 5.49. The van der Waals surface area contributed by atoms with Gasteiger partial charge >= 0.3 is 0 Å². The van der Waals surface area contributed by atoms with E-state index >= 15 is 0 Å². The summed E-state index contributed by atoms with van der Waals surface area (Å²) < 4.78 is 14.2. The molecule has 0 aliphatic rings. The third-order valence-electron chi connectivity index (χ3n) is 5.71. The Labute approximate surface area is 201 Å². The van der Waals surface area contributed by atoms with Crippen molar-refractivity contribution in [3.63, 3.8) is 0 Å². The summed E-state index contributed by atoms with van der Waals surface area (Å²) in [7, 11) is 0. The zero-order valence-corrected chi connectivity index (χ0v) is 20.4. The van der Waals surface area contributed by atoms with Crippen LogP contribution in [0, 0.1) is 27.7 Å². The smallest absolute Gasteiger partial charge is 0.148 e. The average Bonchev–Trinajstić information content (AvgIpc) is 3.10. The fourth-order valence-electron chi connectivity index (χ4n) is 4.07. The molecule has 0 saturated carbocycles. The monoisotopic (exact) mass is 466 g/mol. The second kappa shape index (κ2) is 10.7. The summed E-state index contributed by atoms with van der Waals surface area (Å²) in [6.07, 6.45) is -0.689. The average molecular weight is 467 g/mol. The number of aliphatic hydroxyl groups excluding tert-OH is 1. The molecule has 1 atom stereocenters. The van der Waals surface area contributed by atoms with Gasteiger partial charge in [0.1, 0.15) is 36.6 Å². The molecule has 1 unspecified atom stereocenters. The first-order valence-electron chi connectivity index (χ1n) is 10.9. The summed E-state index contributed by atoms with van der Waals surface area (Å²) in [5.74, 6) is 2.49. The second-order valence-electron chi connectivity index (χ2n) is 8.32. The van der Waals surface area contributed by atoms with Crippen LogP contribution in [-0.2, 0) is 13.2 Å². The van der Waals surface area contributed by atoms with Crippen LogP contribution in [0.15, 0.2) is 60.7 Å². The van der Waals surface area contributed by atoms with Crippen LogP contribution in [0.25, 0.3) is 11.0 Å². The van der Waals surface area contributed by atoms with E-state index in [1.165, 1.54) is 0 Å². The van der Waals surface area contributed by atoms with Gasteiger partial charge in [-0.1, -0.05) is 48.5 Å². The van der Waals surface area contributed by atoms with Gasteiger partial charge in [0.25, 0.3) is 0 Å². The SMILES string of the molecule is Cc1cccc(C)c1OCc1nc2ccccc2n1CC(O)COc1c(C)cccc1C.Cl. The molecule has 0 spiro atoms. The van der Waals surface area contributed by atoms with Crippen LogP contribution < -0.4 is 9.47 Å². The van der Waals surface area contributed by atoms with Crippen molar-refractivity contribution in [2.45, 2.75) is 47.0 Å². The first kappa shape index (κ1) is 24.6. The van der Waals surface area contributed by atoms with E-state index in [-0.39, 0.29) is 19.0 Å². The predicted octanol–water partition coefficient (Wildman–Crippen LogP) is 5.71. The maximum Gasteiger partial charge on any atom is 0.148 e. The number of aromatic nitrogens is 2. The number of benzene rings is 3. The molecule has 0 aliphatic carbocycles. The number of aryl methyl sites for hydroxylation is 4. The maximum absolute atomic E-state index is 10.8. The molecule has 0 aliphatic heterocycles. The number of aliphatic hydroxyl groups is 1. The van der Waals surface area contributed by atoms with E-state index in [0.29, 0.717) is 13.2 Å².